The van der Waals surface area contributed by atoms with E-state index < -0.39 is 0 Å². The zero-order valence-corrected chi connectivity index (χ0v) is 13.0. The van der Waals surface area contributed by atoms with Gasteiger partial charge >= 0.3 is 6.03 Å². The van der Waals surface area contributed by atoms with Crippen LogP contribution >= 0.6 is 11.3 Å². The van der Waals surface area contributed by atoms with Crippen molar-refractivity contribution in [2.75, 3.05) is 13.2 Å². The summed E-state index contributed by atoms with van der Waals surface area (Å²) in [5.74, 6) is 1.45. The van der Waals surface area contributed by atoms with Crippen molar-refractivity contribution in [3.8, 4) is 11.5 Å². The van der Waals surface area contributed by atoms with Gasteiger partial charge < -0.3 is 20.1 Å². The molecule has 0 spiro atoms. The van der Waals surface area contributed by atoms with Crippen molar-refractivity contribution in [3.63, 3.8) is 0 Å². The molecule has 1 aliphatic heterocycles. The number of urea groups is 1. The summed E-state index contributed by atoms with van der Waals surface area (Å²) in [5, 5.41) is 8.40. The number of para-hydroxylation sites is 2. The zero-order chi connectivity index (χ0) is 15.4. The van der Waals surface area contributed by atoms with Crippen molar-refractivity contribution in [2.45, 2.75) is 19.6 Å². The standard InChI is InChI=1S/C15H17N3O3S/c1-10-9-22-14(18-10)7-17-15(19)16-6-11-8-20-12-4-2-3-5-13(12)21-11/h2-5,9,11H,6-8H2,1H3,(H2,16,17,19)/t11-/m0/s1. The Kier molecular flexibility index (Phi) is 4.43. The first kappa shape index (κ1) is 14.6. The third-order valence-corrected chi connectivity index (χ3v) is 4.09. The maximum atomic E-state index is 11.8. The van der Waals surface area contributed by atoms with Crippen LogP contribution in [0.2, 0.25) is 0 Å². The van der Waals surface area contributed by atoms with Crippen molar-refractivity contribution in [1.82, 2.24) is 15.6 Å². The van der Waals surface area contributed by atoms with E-state index in [0.29, 0.717) is 25.4 Å². The molecule has 0 saturated heterocycles. The Labute approximate surface area is 132 Å². The number of amides is 2. The van der Waals surface area contributed by atoms with Crippen molar-refractivity contribution in [3.05, 3.63) is 40.3 Å². The fourth-order valence-electron chi connectivity index (χ4n) is 2.07. The van der Waals surface area contributed by atoms with Gasteiger partial charge in [0.15, 0.2) is 17.6 Å². The van der Waals surface area contributed by atoms with Crippen LogP contribution in [0.1, 0.15) is 10.7 Å². The van der Waals surface area contributed by atoms with E-state index in [4.69, 9.17) is 9.47 Å². The minimum absolute atomic E-state index is 0.192. The molecule has 2 heterocycles. The van der Waals surface area contributed by atoms with Crippen LogP contribution in [0.25, 0.3) is 0 Å². The average Bonchev–Trinajstić information content (AvgIpc) is 2.96. The Morgan fingerprint density at radius 1 is 1.36 bits per heavy atom. The molecule has 0 saturated carbocycles. The quantitative estimate of drug-likeness (QED) is 0.905. The molecule has 2 N–H and O–H groups in total. The van der Waals surface area contributed by atoms with Gasteiger partial charge in [0.2, 0.25) is 0 Å². The number of fused-ring (bicyclic) bond motifs is 1. The normalized spacial score (nSPS) is 16.1. The number of benzene rings is 1. The number of hydrogen-bond donors (Lipinski definition) is 2. The molecule has 7 heteroatoms. The second-order valence-electron chi connectivity index (χ2n) is 4.94. The van der Waals surface area contributed by atoms with Crippen LogP contribution in [0.3, 0.4) is 0 Å². The lowest BCUT2D eigenvalue weighted by Crippen LogP contribution is -2.44. The van der Waals surface area contributed by atoms with Crippen LogP contribution < -0.4 is 20.1 Å². The lowest BCUT2D eigenvalue weighted by atomic mass is 10.2. The first-order valence-electron chi connectivity index (χ1n) is 7.02. The predicted molar refractivity (Wildman–Crippen MR) is 83.4 cm³/mol. The van der Waals surface area contributed by atoms with Crippen molar-refractivity contribution >= 4 is 17.4 Å². The maximum Gasteiger partial charge on any atom is 0.315 e. The number of ether oxygens (including phenoxy) is 2. The largest absolute Gasteiger partial charge is 0.486 e. The number of thiazole rings is 1. The molecule has 2 amide bonds. The van der Waals surface area contributed by atoms with E-state index in [1.54, 1.807) is 0 Å². The number of carbonyl (C=O) groups is 1. The topological polar surface area (TPSA) is 72.5 Å². The van der Waals surface area contributed by atoms with Gasteiger partial charge in [-0.1, -0.05) is 12.1 Å². The second kappa shape index (κ2) is 6.65. The molecule has 0 unspecified atom stereocenters. The molecule has 3 rings (SSSR count). The van der Waals surface area contributed by atoms with E-state index in [2.05, 4.69) is 15.6 Å². The summed E-state index contributed by atoms with van der Waals surface area (Å²) in [6.07, 6.45) is -0.192. The SMILES string of the molecule is Cc1csc(CNC(=O)NC[C@H]2COc3ccccc3O2)n1. The minimum Gasteiger partial charge on any atom is -0.486 e. The lowest BCUT2D eigenvalue weighted by Gasteiger charge is -2.26. The van der Waals surface area contributed by atoms with Crippen LogP contribution in [0.4, 0.5) is 4.79 Å². The smallest absolute Gasteiger partial charge is 0.315 e. The molecule has 2 aromatic rings. The highest BCUT2D eigenvalue weighted by Gasteiger charge is 2.20. The zero-order valence-electron chi connectivity index (χ0n) is 12.2. The van der Waals surface area contributed by atoms with Crippen LogP contribution in [0, 0.1) is 6.92 Å². The van der Waals surface area contributed by atoms with Gasteiger partial charge in [-0.05, 0) is 19.1 Å². The average molecular weight is 319 g/mol. The van der Waals surface area contributed by atoms with Crippen LogP contribution in [-0.2, 0) is 6.54 Å². The summed E-state index contributed by atoms with van der Waals surface area (Å²) in [5.41, 5.74) is 0.966. The molecule has 116 valence electrons. The Morgan fingerprint density at radius 2 is 2.18 bits per heavy atom. The molecule has 22 heavy (non-hydrogen) atoms. The van der Waals surface area contributed by atoms with Gasteiger partial charge in [-0.2, -0.15) is 0 Å². The van der Waals surface area contributed by atoms with E-state index in [0.717, 1.165) is 16.5 Å². The van der Waals surface area contributed by atoms with Crippen molar-refractivity contribution in [2.24, 2.45) is 0 Å². The van der Waals surface area contributed by atoms with Gasteiger partial charge in [0, 0.05) is 11.1 Å². The van der Waals surface area contributed by atoms with Gasteiger partial charge in [0.05, 0.1) is 13.1 Å². The molecule has 0 radical (unpaired) electrons. The molecule has 0 fully saturated rings. The Hall–Kier alpha value is -2.28. The fourth-order valence-corrected chi connectivity index (χ4v) is 2.78. The molecule has 0 aliphatic carbocycles. The Morgan fingerprint density at radius 3 is 2.95 bits per heavy atom. The van der Waals surface area contributed by atoms with Crippen LogP contribution in [0.5, 0.6) is 11.5 Å². The Balaban J connectivity index is 1.42. The number of nitrogens with zero attached hydrogens (tertiary/aromatic N) is 1. The van der Waals surface area contributed by atoms with Crippen LogP contribution in [-0.4, -0.2) is 30.3 Å². The van der Waals surface area contributed by atoms with Crippen molar-refractivity contribution in [1.29, 1.82) is 0 Å². The van der Waals surface area contributed by atoms with Gasteiger partial charge in [-0.15, -0.1) is 11.3 Å². The summed E-state index contributed by atoms with van der Waals surface area (Å²) in [6, 6.07) is 7.26. The monoisotopic (exact) mass is 319 g/mol. The third-order valence-electron chi connectivity index (χ3n) is 3.12. The highest BCUT2D eigenvalue weighted by atomic mass is 32.1. The van der Waals surface area contributed by atoms with Crippen molar-refractivity contribution < 1.29 is 14.3 Å². The van der Waals surface area contributed by atoms with E-state index in [-0.39, 0.29) is 12.1 Å². The molecular formula is C15H17N3O3S. The minimum atomic E-state index is -0.240. The summed E-state index contributed by atoms with van der Waals surface area (Å²) in [7, 11) is 0. The molecule has 6 nitrogen and oxygen atoms in total. The molecule has 1 aliphatic rings. The van der Waals surface area contributed by atoms with Gasteiger partial charge in [-0.25, -0.2) is 9.78 Å². The summed E-state index contributed by atoms with van der Waals surface area (Å²) in [6.45, 7) is 3.16. The predicted octanol–water partition coefficient (Wildman–Crippen LogP) is 2.09. The lowest BCUT2D eigenvalue weighted by molar-refractivity contribution is 0.0918. The highest BCUT2D eigenvalue weighted by molar-refractivity contribution is 7.09. The van der Waals surface area contributed by atoms with E-state index >= 15 is 0 Å². The first-order chi connectivity index (χ1) is 10.7. The van der Waals surface area contributed by atoms with Gasteiger partial charge in [-0.3, -0.25) is 0 Å². The van der Waals surface area contributed by atoms with E-state index in [9.17, 15) is 4.79 Å². The molecular weight excluding hydrogens is 302 g/mol. The number of carbonyl (C=O) groups excluding carboxylic acids is 1. The van der Waals surface area contributed by atoms with E-state index in [1.807, 2.05) is 36.6 Å². The number of aryl methyl sites for hydroxylation is 1. The fraction of sp³-hybridized carbons (Fsp3) is 0.333. The second-order valence-corrected chi connectivity index (χ2v) is 5.89. The molecule has 1 atom stereocenters. The van der Waals surface area contributed by atoms with Crippen LogP contribution in [0.15, 0.2) is 29.6 Å². The number of hydrogen-bond acceptors (Lipinski definition) is 5. The van der Waals surface area contributed by atoms with Gasteiger partial charge in [0.25, 0.3) is 0 Å². The summed E-state index contributed by atoms with van der Waals surface area (Å²) < 4.78 is 11.4. The highest BCUT2D eigenvalue weighted by Crippen LogP contribution is 2.30. The molecule has 1 aromatic carbocycles. The summed E-state index contributed by atoms with van der Waals surface area (Å²) >= 11 is 1.53. The molecule has 1 aromatic heterocycles. The van der Waals surface area contributed by atoms with Gasteiger partial charge in [0.1, 0.15) is 11.6 Å². The number of aromatic nitrogens is 1. The number of rotatable bonds is 4. The maximum absolute atomic E-state index is 11.8. The molecule has 0 bridgehead atoms. The summed E-state index contributed by atoms with van der Waals surface area (Å²) in [4.78, 5) is 16.1. The third kappa shape index (κ3) is 3.67. The first-order valence-corrected chi connectivity index (χ1v) is 7.90. The number of nitrogens with one attached hydrogen (secondary N) is 2. The Bertz CT molecular complexity index is 659. The van der Waals surface area contributed by atoms with E-state index in [1.165, 1.54) is 11.3 Å².